The Hall–Kier alpha value is 0.560. The predicted molar refractivity (Wildman–Crippen MR) is 55.4 cm³/mol. The normalized spacial score (nSPS) is 10.5. The molecule has 0 saturated heterocycles. The summed E-state index contributed by atoms with van der Waals surface area (Å²) in [5.41, 5.74) is 0. The first-order valence-electron chi connectivity index (χ1n) is 4.12. The molecule has 0 N–H and O–H groups in total. The van der Waals surface area contributed by atoms with Crippen molar-refractivity contribution in [2.75, 3.05) is 44.3 Å². The lowest BCUT2D eigenvalue weighted by Gasteiger charge is -2.01. The fraction of sp³-hybridized carbons (Fsp3) is 1.00. The van der Waals surface area contributed by atoms with Crippen LogP contribution in [-0.4, -0.2) is 44.3 Å². The van der Waals surface area contributed by atoms with Crippen molar-refractivity contribution in [3.05, 3.63) is 0 Å². The zero-order valence-electron chi connectivity index (χ0n) is 7.55. The molecule has 0 unspecified atom stereocenters. The average molecular weight is 213 g/mol. The summed E-state index contributed by atoms with van der Waals surface area (Å²) in [5, 5.41) is 0. The Morgan fingerprint density at radius 3 is 2.67 bits per heavy atom. The summed E-state index contributed by atoms with van der Waals surface area (Å²) in [6, 6.07) is 0. The molecule has 0 spiro atoms. The van der Waals surface area contributed by atoms with E-state index in [0.717, 1.165) is 31.1 Å². The van der Waals surface area contributed by atoms with Crippen molar-refractivity contribution in [2.24, 2.45) is 0 Å². The molecule has 0 heterocycles. The minimum atomic E-state index is 0.592. The second-order valence-electron chi connectivity index (χ2n) is 2.26. The molecule has 0 aliphatic carbocycles. The molecule has 0 aromatic carbocycles. The molecule has 0 bridgehead atoms. The molecule has 12 heavy (non-hydrogen) atoms. The highest BCUT2D eigenvalue weighted by Gasteiger charge is 1.90. The highest BCUT2D eigenvalue weighted by Crippen LogP contribution is 2.01. The van der Waals surface area contributed by atoms with Gasteiger partial charge in [0.2, 0.25) is 0 Å². The van der Waals surface area contributed by atoms with E-state index in [0.29, 0.717) is 12.5 Å². The van der Waals surface area contributed by atoms with E-state index in [2.05, 4.69) is 0 Å². The zero-order valence-corrected chi connectivity index (χ0v) is 9.12. The van der Waals surface area contributed by atoms with E-state index in [1.54, 1.807) is 7.11 Å². The van der Waals surface area contributed by atoms with Crippen LogP contribution in [0.15, 0.2) is 0 Å². The van der Waals surface area contributed by atoms with Crippen molar-refractivity contribution in [2.45, 2.75) is 6.42 Å². The van der Waals surface area contributed by atoms with Gasteiger partial charge in [-0.25, -0.2) is 0 Å². The van der Waals surface area contributed by atoms with E-state index in [1.165, 1.54) is 0 Å². The number of hydrogen-bond donors (Lipinski definition) is 0. The molecule has 0 aromatic rings. The second-order valence-corrected chi connectivity index (χ2v) is 3.86. The monoisotopic (exact) mass is 212 g/mol. The lowest BCUT2D eigenvalue weighted by Crippen LogP contribution is -2.01. The smallest absolute Gasteiger partial charge is 0.0602 e. The second kappa shape index (κ2) is 11.6. The Morgan fingerprint density at radius 1 is 1.17 bits per heavy atom. The average Bonchev–Trinajstić information content (AvgIpc) is 2.10. The molecule has 0 aliphatic rings. The maximum Gasteiger partial charge on any atom is 0.0602 e. The third-order valence-corrected chi connectivity index (χ3v) is 2.42. The van der Waals surface area contributed by atoms with Crippen molar-refractivity contribution in [1.82, 2.24) is 0 Å². The molecule has 0 aromatic heterocycles. The number of halogens is 1. The molecule has 4 heteroatoms. The van der Waals surface area contributed by atoms with E-state index in [9.17, 15) is 0 Å². The summed E-state index contributed by atoms with van der Waals surface area (Å²) in [6.45, 7) is 2.33. The molecule has 0 aliphatic heterocycles. The summed E-state index contributed by atoms with van der Waals surface area (Å²) in [6.07, 6.45) is 1.12. The van der Waals surface area contributed by atoms with Gasteiger partial charge in [0.1, 0.15) is 0 Å². The number of ether oxygens (including phenoxy) is 2. The summed E-state index contributed by atoms with van der Waals surface area (Å²) < 4.78 is 10.1. The van der Waals surface area contributed by atoms with E-state index < -0.39 is 0 Å². The van der Waals surface area contributed by atoms with Crippen LogP contribution in [0.2, 0.25) is 0 Å². The predicted octanol–water partition coefficient (Wildman–Crippen LogP) is 2.01. The van der Waals surface area contributed by atoms with Crippen LogP contribution < -0.4 is 0 Å². The fourth-order valence-electron chi connectivity index (χ4n) is 0.682. The molecule has 0 atom stereocenters. The van der Waals surface area contributed by atoms with Crippen LogP contribution >= 0.6 is 23.4 Å². The van der Waals surface area contributed by atoms with Crippen molar-refractivity contribution in [1.29, 1.82) is 0 Å². The van der Waals surface area contributed by atoms with Gasteiger partial charge in [-0.15, -0.1) is 11.6 Å². The molecular formula is C8H17ClO2S. The van der Waals surface area contributed by atoms with Gasteiger partial charge in [-0.2, -0.15) is 11.8 Å². The molecule has 0 fully saturated rings. The molecule has 0 rings (SSSR count). The van der Waals surface area contributed by atoms with E-state index in [4.69, 9.17) is 21.1 Å². The largest absolute Gasteiger partial charge is 0.385 e. The highest BCUT2D eigenvalue weighted by atomic mass is 35.5. The lowest BCUT2D eigenvalue weighted by atomic mass is 10.5. The number of hydrogen-bond acceptors (Lipinski definition) is 3. The molecular weight excluding hydrogens is 196 g/mol. The Balaban J connectivity index is 2.73. The Kier molecular flexibility index (Phi) is 12.1. The van der Waals surface area contributed by atoms with Gasteiger partial charge in [0.25, 0.3) is 0 Å². The van der Waals surface area contributed by atoms with Crippen molar-refractivity contribution < 1.29 is 9.47 Å². The van der Waals surface area contributed by atoms with E-state index in [1.807, 2.05) is 11.8 Å². The van der Waals surface area contributed by atoms with Gasteiger partial charge >= 0.3 is 0 Å². The maximum atomic E-state index is 5.43. The van der Waals surface area contributed by atoms with Gasteiger partial charge in [-0.05, 0) is 12.2 Å². The highest BCUT2D eigenvalue weighted by molar-refractivity contribution is 7.99. The lowest BCUT2D eigenvalue weighted by molar-refractivity contribution is 0.166. The van der Waals surface area contributed by atoms with Crippen LogP contribution in [0.1, 0.15) is 6.42 Å². The van der Waals surface area contributed by atoms with E-state index >= 15 is 0 Å². The fourth-order valence-corrected chi connectivity index (χ4v) is 1.55. The standard InChI is InChI=1S/C8H17ClO2S/c1-10-4-2-7-12-8-6-11-5-3-9/h2-8H2,1H3. The van der Waals surface area contributed by atoms with Crippen LogP contribution in [0.4, 0.5) is 0 Å². The third-order valence-electron chi connectivity index (χ3n) is 1.23. The summed E-state index contributed by atoms with van der Waals surface area (Å²) in [5.74, 6) is 2.80. The minimum Gasteiger partial charge on any atom is -0.385 e. The van der Waals surface area contributed by atoms with E-state index in [-0.39, 0.29) is 0 Å². The Labute approximate surface area is 83.9 Å². The first-order chi connectivity index (χ1) is 5.91. The molecule has 74 valence electrons. The van der Waals surface area contributed by atoms with Gasteiger partial charge < -0.3 is 9.47 Å². The van der Waals surface area contributed by atoms with Crippen LogP contribution in [-0.2, 0) is 9.47 Å². The van der Waals surface area contributed by atoms with Gasteiger partial charge in [0, 0.05) is 25.3 Å². The molecule has 0 radical (unpaired) electrons. The van der Waals surface area contributed by atoms with Gasteiger partial charge in [-0.3, -0.25) is 0 Å². The Morgan fingerprint density at radius 2 is 2.00 bits per heavy atom. The molecule has 0 saturated carbocycles. The van der Waals surface area contributed by atoms with Crippen molar-refractivity contribution >= 4 is 23.4 Å². The maximum absolute atomic E-state index is 5.43. The third kappa shape index (κ3) is 10.6. The van der Waals surface area contributed by atoms with Crippen LogP contribution in [0.25, 0.3) is 0 Å². The number of methoxy groups -OCH3 is 1. The minimum absolute atomic E-state index is 0.592. The number of thioether (sulfide) groups is 1. The summed E-state index contributed by atoms with van der Waals surface area (Å²) in [7, 11) is 1.73. The summed E-state index contributed by atoms with van der Waals surface area (Å²) >= 11 is 7.33. The molecule has 0 amide bonds. The van der Waals surface area contributed by atoms with Crippen LogP contribution in [0.3, 0.4) is 0 Å². The quantitative estimate of drug-likeness (QED) is 0.431. The van der Waals surface area contributed by atoms with Gasteiger partial charge in [-0.1, -0.05) is 0 Å². The SMILES string of the molecule is COCCCSCCOCCCl. The number of rotatable bonds is 9. The number of alkyl halides is 1. The zero-order chi connectivity index (χ0) is 9.07. The molecule has 2 nitrogen and oxygen atoms in total. The topological polar surface area (TPSA) is 18.5 Å². The first-order valence-corrected chi connectivity index (χ1v) is 5.81. The van der Waals surface area contributed by atoms with Crippen LogP contribution in [0.5, 0.6) is 0 Å². The van der Waals surface area contributed by atoms with Crippen molar-refractivity contribution in [3.8, 4) is 0 Å². The van der Waals surface area contributed by atoms with Crippen LogP contribution in [0, 0.1) is 0 Å². The summed E-state index contributed by atoms with van der Waals surface area (Å²) in [4.78, 5) is 0. The Bertz CT molecular complexity index is 73.5. The first kappa shape index (κ1) is 12.6. The van der Waals surface area contributed by atoms with Gasteiger partial charge in [0.05, 0.1) is 13.2 Å². The van der Waals surface area contributed by atoms with Crippen molar-refractivity contribution in [3.63, 3.8) is 0 Å². The van der Waals surface area contributed by atoms with Gasteiger partial charge in [0.15, 0.2) is 0 Å².